The van der Waals surface area contributed by atoms with Crippen LogP contribution in [0.1, 0.15) is 29.9 Å². The molecule has 13 heteroatoms. The second kappa shape index (κ2) is 12.3. The van der Waals surface area contributed by atoms with Crippen LogP contribution < -0.4 is 11.1 Å². The lowest BCUT2D eigenvalue weighted by Crippen LogP contribution is -2.38. The first-order valence-electron chi connectivity index (χ1n) is 11.0. The predicted octanol–water partition coefficient (Wildman–Crippen LogP) is 3.73. The minimum absolute atomic E-state index is 0.0458. The highest BCUT2D eigenvalue weighted by Gasteiger charge is 2.22. The molecule has 10 nitrogen and oxygen atoms in total. The molecule has 1 heterocycles. The summed E-state index contributed by atoms with van der Waals surface area (Å²) < 4.78 is 39.9. The number of rotatable bonds is 11. The zero-order valence-corrected chi connectivity index (χ0v) is 21.3. The van der Waals surface area contributed by atoms with Crippen molar-refractivity contribution in [1.82, 2.24) is 5.32 Å². The van der Waals surface area contributed by atoms with Crippen molar-refractivity contribution < 1.29 is 41.9 Å². The Balaban J connectivity index is 1.70. The molecule has 1 amide bonds. The fourth-order valence-electron chi connectivity index (χ4n) is 3.46. The lowest BCUT2D eigenvalue weighted by atomic mass is 9.99. The average Bonchev–Trinajstić information content (AvgIpc) is 3.14. The molecule has 1 aromatic heterocycles. The van der Waals surface area contributed by atoms with E-state index in [1.807, 2.05) is 0 Å². The van der Waals surface area contributed by atoms with Crippen molar-refractivity contribution in [3.63, 3.8) is 0 Å². The minimum Gasteiger partial charge on any atom is -0.457 e. The van der Waals surface area contributed by atoms with E-state index in [9.17, 15) is 23.3 Å². The number of carbonyl (C=O) groups is 2. The van der Waals surface area contributed by atoms with Crippen LogP contribution in [0.4, 0.5) is 4.39 Å². The first kappa shape index (κ1) is 28.3. The third-order valence-electron chi connectivity index (χ3n) is 5.28. The number of ether oxygens (including phenoxy) is 1. The first-order chi connectivity index (χ1) is 17.4. The van der Waals surface area contributed by atoms with E-state index in [1.165, 1.54) is 25.1 Å². The molecule has 0 aliphatic heterocycles. The highest BCUT2D eigenvalue weighted by Crippen LogP contribution is 2.34. The van der Waals surface area contributed by atoms with Gasteiger partial charge >= 0.3 is 19.4 Å². The zero-order valence-electron chi connectivity index (χ0n) is 19.6. The van der Waals surface area contributed by atoms with Gasteiger partial charge in [-0.15, -0.1) is 0 Å². The molecule has 198 valence electrons. The maximum atomic E-state index is 14.2. The maximum Gasteiger partial charge on any atom is 0.519 e. The van der Waals surface area contributed by atoms with Crippen molar-refractivity contribution in [2.75, 3.05) is 6.16 Å². The van der Waals surface area contributed by atoms with Crippen molar-refractivity contribution in [2.45, 2.75) is 38.8 Å². The van der Waals surface area contributed by atoms with Gasteiger partial charge in [-0.2, -0.15) is 0 Å². The number of carbonyl (C=O) groups excluding carboxylic acids is 2. The van der Waals surface area contributed by atoms with Crippen molar-refractivity contribution in [1.29, 1.82) is 0 Å². The summed E-state index contributed by atoms with van der Waals surface area (Å²) in [5.74, 6) is -2.55. The Labute approximate surface area is 215 Å². The summed E-state index contributed by atoms with van der Waals surface area (Å²) in [6.45, 7) is 1.12. The van der Waals surface area contributed by atoms with Gasteiger partial charge in [0.15, 0.2) is 18.1 Å². The molecule has 0 spiro atoms. The Morgan fingerprint density at radius 3 is 2.49 bits per heavy atom. The summed E-state index contributed by atoms with van der Waals surface area (Å²) in [6.07, 6.45) is -1.21. The van der Waals surface area contributed by atoms with Crippen LogP contribution in [0.2, 0.25) is 5.02 Å². The highest BCUT2D eigenvalue weighted by atomic mass is 35.5. The number of halogens is 2. The molecule has 3 N–H and O–H groups in total. The van der Waals surface area contributed by atoms with Gasteiger partial charge < -0.3 is 28.7 Å². The number of nitrogens with one attached hydrogen (secondary N) is 1. The van der Waals surface area contributed by atoms with Crippen molar-refractivity contribution in [3.8, 4) is 11.1 Å². The molecule has 0 radical (unpaired) electrons. The first-order valence-corrected chi connectivity index (χ1v) is 13.2. The molecule has 0 saturated heterocycles. The van der Waals surface area contributed by atoms with E-state index in [4.69, 9.17) is 35.0 Å². The summed E-state index contributed by atoms with van der Waals surface area (Å²) in [5, 5.41) is 2.97. The third kappa shape index (κ3) is 8.98. The highest BCUT2D eigenvalue weighted by molar-refractivity contribution is 7.51. The summed E-state index contributed by atoms with van der Waals surface area (Å²) in [4.78, 5) is 53.9. The van der Waals surface area contributed by atoms with Crippen LogP contribution in [0.5, 0.6) is 0 Å². The fourth-order valence-corrected chi connectivity index (χ4v) is 4.12. The average molecular weight is 556 g/mol. The van der Waals surface area contributed by atoms with Gasteiger partial charge in [-0.05, 0) is 42.7 Å². The summed E-state index contributed by atoms with van der Waals surface area (Å²) >= 11 is 5.97. The van der Waals surface area contributed by atoms with Gasteiger partial charge in [0.2, 0.25) is 5.91 Å². The van der Waals surface area contributed by atoms with E-state index < -0.39 is 49.7 Å². The molecule has 3 aromatic rings. The summed E-state index contributed by atoms with van der Waals surface area (Å²) in [6, 6.07) is 10.1. The second-order valence-electron chi connectivity index (χ2n) is 8.23. The quantitative estimate of drug-likeness (QED) is 0.237. The minimum atomic E-state index is -4.38. The van der Waals surface area contributed by atoms with Gasteiger partial charge in [0.25, 0.3) is 0 Å². The Morgan fingerprint density at radius 2 is 1.86 bits per heavy atom. The fraction of sp³-hybridized carbons (Fsp3) is 0.292. The van der Waals surface area contributed by atoms with Gasteiger partial charge in [0, 0.05) is 23.0 Å². The lowest BCUT2D eigenvalue weighted by molar-refractivity contribution is -0.146. The monoisotopic (exact) mass is 555 g/mol. The van der Waals surface area contributed by atoms with Crippen LogP contribution in [-0.2, 0) is 31.9 Å². The van der Waals surface area contributed by atoms with Crippen LogP contribution in [0.15, 0.2) is 56.1 Å². The largest absolute Gasteiger partial charge is 0.519 e. The second-order valence-corrected chi connectivity index (χ2v) is 10.4. The lowest BCUT2D eigenvalue weighted by Gasteiger charge is -2.19. The molecule has 2 aromatic carbocycles. The van der Waals surface area contributed by atoms with Crippen molar-refractivity contribution in [3.05, 3.63) is 81.0 Å². The van der Waals surface area contributed by atoms with E-state index in [1.54, 1.807) is 24.3 Å². The Bertz CT molecular complexity index is 1360. The van der Waals surface area contributed by atoms with Gasteiger partial charge in [-0.25, -0.2) is 9.18 Å². The normalized spacial score (nSPS) is 12.2. The molecule has 0 saturated carbocycles. The van der Waals surface area contributed by atoms with Gasteiger partial charge in [0.05, 0.1) is 12.6 Å². The molecule has 1 atom stereocenters. The van der Waals surface area contributed by atoms with Crippen LogP contribution in [0, 0.1) is 12.7 Å². The molecule has 0 fully saturated rings. The maximum absolute atomic E-state index is 14.2. The van der Waals surface area contributed by atoms with Gasteiger partial charge in [0.1, 0.15) is 5.82 Å². The number of hydrogen-bond acceptors (Lipinski definition) is 7. The number of hydrogen-bond donors (Lipinski definition) is 3. The topological polar surface area (TPSA) is 156 Å². The molecule has 0 aliphatic carbocycles. The van der Waals surface area contributed by atoms with Crippen LogP contribution in [-0.4, -0.2) is 33.9 Å². The number of amides is 1. The summed E-state index contributed by atoms with van der Waals surface area (Å²) in [5.41, 5.74) is 1.57. The van der Waals surface area contributed by atoms with E-state index in [0.29, 0.717) is 21.7 Å². The Kier molecular flexibility index (Phi) is 9.45. The molecular weight excluding hydrogens is 532 g/mol. The van der Waals surface area contributed by atoms with Gasteiger partial charge in [-0.1, -0.05) is 35.9 Å². The van der Waals surface area contributed by atoms with Crippen LogP contribution >= 0.6 is 19.2 Å². The molecule has 0 aliphatic rings. The van der Waals surface area contributed by atoms with E-state index in [0.717, 1.165) is 0 Å². The number of benzene rings is 2. The molecular formula is C24H24ClFNO9P. The van der Waals surface area contributed by atoms with Crippen molar-refractivity contribution >= 4 is 31.1 Å². The molecule has 1 unspecified atom stereocenters. The van der Waals surface area contributed by atoms with Crippen LogP contribution in [0.3, 0.4) is 0 Å². The standard InChI is InChI=1S/C24H24ClFNO9P/c1-14-21(36-24(30)35-14)13-34-23(29)12-18(27-22(28)8-9-37(31,32)33)10-15-2-4-16(5-3-15)19-11-17(25)6-7-20(19)26/h2-7,11,18H,8-10,12-13H2,1H3,(H,27,28)(H2,31,32,33). The molecule has 37 heavy (non-hydrogen) atoms. The number of esters is 1. The van der Waals surface area contributed by atoms with E-state index >= 15 is 0 Å². The zero-order chi connectivity index (χ0) is 27.2. The Hall–Kier alpha value is -3.24. The van der Waals surface area contributed by atoms with Crippen LogP contribution in [0.25, 0.3) is 11.1 Å². The smallest absolute Gasteiger partial charge is 0.457 e. The number of aryl methyl sites for hydroxylation is 1. The third-order valence-corrected chi connectivity index (χ3v) is 6.32. The van der Waals surface area contributed by atoms with Crippen molar-refractivity contribution in [2.24, 2.45) is 0 Å². The van der Waals surface area contributed by atoms with E-state index in [-0.39, 0.29) is 31.0 Å². The van der Waals surface area contributed by atoms with Gasteiger partial charge in [-0.3, -0.25) is 14.2 Å². The SMILES string of the molecule is Cc1oc(=O)oc1COC(=O)CC(Cc1ccc(-c2cc(Cl)ccc2F)cc1)NC(=O)CCP(=O)(O)O. The van der Waals surface area contributed by atoms with E-state index in [2.05, 4.69) is 5.32 Å². The Morgan fingerprint density at radius 1 is 1.16 bits per heavy atom. The molecule has 3 rings (SSSR count). The summed E-state index contributed by atoms with van der Waals surface area (Å²) in [7, 11) is -4.38. The molecule has 0 bridgehead atoms. The predicted molar refractivity (Wildman–Crippen MR) is 130 cm³/mol.